The topological polar surface area (TPSA) is 55.1 Å². The van der Waals surface area contributed by atoms with Crippen LogP contribution in [0.4, 0.5) is 0 Å². The molecule has 2 rings (SSSR count). The highest BCUT2D eigenvalue weighted by molar-refractivity contribution is 5.84. The minimum atomic E-state index is -0.383. The fourth-order valence-electron chi connectivity index (χ4n) is 2.59. The fraction of sp³-hybridized carbons (Fsp3) is 0.917. The molecule has 0 bridgehead atoms. The van der Waals surface area contributed by atoms with Crippen LogP contribution in [-0.4, -0.2) is 17.5 Å². The molecule has 0 heterocycles. The van der Waals surface area contributed by atoms with E-state index in [9.17, 15) is 4.79 Å². The van der Waals surface area contributed by atoms with Crippen molar-refractivity contribution in [1.82, 2.24) is 5.32 Å². The maximum atomic E-state index is 11.7. The number of carbonyl (C=O) groups excluding carboxylic acids is 1. The van der Waals surface area contributed by atoms with Crippen molar-refractivity contribution in [3.05, 3.63) is 0 Å². The number of hydrogen-bond acceptors (Lipinski definition) is 2. The van der Waals surface area contributed by atoms with Crippen LogP contribution in [0.2, 0.25) is 0 Å². The molecule has 86 valence electrons. The van der Waals surface area contributed by atoms with Gasteiger partial charge in [0.25, 0.3) is 0 Å². The van der Waals surface area contributed by atoms with Gasteiger partial charge in [0.1, 0.15) is 0 Å². The first-order valence-electron chi connectivity index (χ1n) is 6.20. The third-order valence-electron chi connectivity index (χ3n) is 3.89. The molecule has 15 heavy (non-hydrogen) atoms. The minimum Gasteiger partial charge on any atom is -0.368 e. The lowest BCUT2D eigenvalue weighted by Gasteiger charge is -2.30. The smallest absolute Gasteiger partial charge is 0.237 e. The van der Waals surface area contributed by atoms with Crippen LogP contribution in [0.5, 0.6) is 0 Å². The SMILES string of the molecule is CC1CCCC(NC2CC2)(C(N)=O)CC1. The van der Waals surface area contributed by atoms with Crippen molar-refractivity contribution in [2.75, 3.05) is 0 Å². The molecule has 3 N–H and O–H groups in total. The summed E-state index contributed by atoms with van der Waals surface area (Å²) in [7, 11) is 0. The summed E-state index contributed by atoms with van der Waals surface area (Å²) in [6.07, 6.45) is 7.78. The zero-order chi connectivity index (χ0) is 10.9. The van der Waals surface area contributed by atoms with E-state index in [1.807, 2.05) is 0 Å². The van der Waals surface area contributed by atoms with Crippen LogP contribution < -0.4 is 11.1 Å². The van der Waals surface area contributed by atoms with Gasteiger partial charge in [-0.15, -0.1) is 0 Å². The Morgan fingerprint density at radius 3 is 2.60 bits per heavy atom. The predicted molar refractivity (Wildman–Crippen MR) is 60.3 cm³/mol. The Hall–Kier alpha value is -0.570. The average Bonchev–Trinajstić information content (AvgIpc) is 2.97. The number of nitrogens with one attached hydrogen (secondary N) is 1. The van der Waals surface area contributed by atoms with Crippen molar-refractivity contribution < 1.29 is 4.79 Å². The lowest BCUT2D eigenvalue weighted by atomic mass is 9.88. The van der Waals surface area contributed by atoms with Gasteiger partial charge in [-0.1, -0.05) is 19.8 Å². The maximum absolute atomic E-state index is 11.7. The molecule has 2 saturated carbocycles. The lowest BCUT2D eigenvalue weighted by molar-refractivity contribution is -0.125. The summed E-state index contributed by atoms with van der Waals surface area (Å²) in [4.78, 5) is 11.7. The summed E-state index contributed by atoms with van der Waals surface area (Å²) in [6.45, 7) is 2.27. The van der Waals surface area contributed by atoms with E-state index in [1.165, 1.54) is 19.3 Å². The van der Waals surface area contributed by atoms with Crippen LogP contribution in [-0.2, 0) is 4.79 Å². The monoisotopic (exact) mass is 210 g/mol. The van der Waals surface area contributed by atoms with Gasteiger partial charge in [0.05, 0.1) is 5.54 Å². The normalized spacial score (nSPS) is 37.3. The Kier molecular flexibility index (Phi) is 3.01. The molecule has 0 spiro atoms. The number of nitrogens with two attached hydrogens (primary N) is 1. The summed E-state index contributed by atoms with van der Waals surface area (Å²) in [5, 5.41) is 3.49. The molecule has 0 aromatic heterocycles. The molecule has 3 heteroatoms. The van der Waals surface area contributed by atoms with Crippen LogP contribution in [0.3, 0.4) is 0 Å². The largest absolute Gasteiger partial charge is 0.368 e. The zero-order valence-corrected chi connectivity index (χ0v) is 9.59. The lowest BCUT2D eigenvalue weighted by Crippen LogP contribution is -2.56. The summed E-state index contributed by atoms with van der Waals surface area (Å²) >= 11 is 0. The third-order valence-corrected chi connectivity index (χ3v) is 3.89. The third kappa shape index (κ3) is 2.51. The van der Waals surface area contributed by atoms with E-state index in [1.54, 1.807) is 0 Å². The number of rotatable bonds is 3. The molecular weight excluding hydrogens is 188 g/mol. The number of primary amides is 1. The first kappa shape index (κ1) is 10.9. The average molecular weight is 210 g/mol. The number of carbonyl (C=O) groups is 1. The van der Waals surface area contributed by atoms with Crippen molar-refractivity contribution in [2.45, 2.75) is 63.5 Å². The summed E-state index contributed by atoms with van der Waals surface area (Å²) in [5.74, 6) is 0.607. The second-order valence-electron chi connectivity index (χ2n) is 5.40. The molecule has 3 nitrogen and oxygen atoms in total. The Balaban J connectivity index is 2.05. The van der Waals surface area contributed by atoms with Crippen molar-refractivity contribution in [3.8, 4) is 0 Å². The quantitative estimate of drug-likeness (QED) is 0.695. The highest BCUT2D eigenvalue weighted by Gasteiger charge is 2.41. The van der Waals surface area contributed by atoms with Gasteiger partial charge in [0.2, 0.25) is 5.91 Å². The van der Waals surface area contributed by atoms with Gasteiger partial charge in [-0.25, -0.2) is 0 Å². The number of amides is 1. The van der Waals surface area contributed by atoms with Gasteiger partial charge in [-0.3, -0.25) is 4.79 Å². The molecule has 2 atom stereocenters. The van der Waals surface area contributed by atoms with E-state index in [0.717, 1.165) is 31.6 Å². The van der Waals surface area contributed by atoms with Crippen molar-refractivity contribution in [2.24, 2.45) is 11.7 Å². The van der Waals surface area contributed by atoms with E-state index >= 15 is 0 Å². The molecule has 2 aliphatic rings. The second-order valence-corrected chi connectivity index (χ2v) is 5.40. The predicted octanol–water partition coefficient (Wildman–Crippen LogP) is 1.56. The summed E-state index contributed by atoms with van der Waals surface area (Å²) in [6, 6.07) is 0.561. The van der Waals surface area contributed by atoms with E-state index in [4.69, 9.17) is 5.73 Å². The Morgan fingerprint density at radius 1 is 1.27 bits per heavy atom. The standard InChI is InChI=1S/C12H22N2O/c1-9-3-2-7-12(8-6-9,11(13)15)14-10-4-5-10/h9-10,14H,2-8H2,1H3,(H2,13,15). The van der Waals surface area contributed by atoms with Crippen LogP contribution >= 0.6 is 0 Å². The van der Waals surface area contributed by atoms with Gasteiger partial charge in [0, 0.05) is 6.04 Å². The van der Waals surface area contributed by atoms with Crippen LogP contribution in [0.1, 0.15) is 51.9 Å². The van der Waals surface area contributed by atoms with E-state index in [2.05, 4.69) is 12.2 Å². The highest BCUT2D eigenvalue weighted by atomic mass is 16.1. The molecule has 2 unspecified atom stereocenters. The maximum Gasteiger partial charge on any atom is 0.237 e. The highest BCUT2D eigenvalue weighted by Crippen LogP contribution is 2.33. The van der Waals surface area contributed by atoms with Gasteiger partial charge in [0.15, 0.2) is 0 Å². The summed E-state index contributed by atoms with van der Waals surface area (Å²) < 4.78 is 0. The Bertz CT molecular complexity index is 250. The molecule has 0 saturated heterocycles. The van der Waals surface area contributed by atoms with Gasteiger partial charge < -0.3 is 11.1 Å². The molecule has 0 aromatic rings. The van der Waals surface area contributed by atoms with Crippen molar-refractivity contribution >= 4 is 5.91 Å². The molecular formula is C12H22N2O. The minimum absolute atomic E-state index is 0.136. The molecule has 0 aliphatic heterocycles. The van der Waals surface area contributed by atoms with Crippen LogP contribution in [0, 0.1) is 5.92 Å². The first-order chi connectivity index (χ1) is 7.12. The van der Waals surface area contributed by atoms with Crippen molar-refractivity contribution in [3.63, 3.8) is 0 Å². The molecule has 0 aromatic carbocycles. The van der Waals surface area contributed by atoms with Gasteiger partial charge >= 0.3 is 0 Å². The molecule has 2 fully saturated rings. The second kappa shape index (κ2) is 4.12. The van der Waals surface area contributed by atoms with E-state index in [-0.39, 0.29) is 11.4 Å². The molecule has 2 aliphatic carbocycles. The van der Waals surface area contributed by atoms with E-state index < -0.39 is 0 Å². The van der Waals surface area contributed by atoms with Crippen molar-refractivity contribution in [1.29, 1.82) is 0 Å². The first-order valence-corrected chi connectivity index (χ1v) is 6.20. The van der Waals surface area contributed by atoms with Gasteiger partial charge in [-0.2, -0.15) is 0 Å². The number of hydrogen-bond donors (Lipinski definition) is 2. The Labute approximate surface area is 91.8 Å². The molecule has 0 radical (unpaired) electrons. The van der Waals surface area contributed by atoms with Gasteiger partial charge in [-0.05, 0) is 38.0 Å². The molecule has 1 amide bonds. The van der Waals surface area contributed by atoms with E-state index in [0.29, 0.717) is 6.04 Å². The van der Waals surface area contributed by atoms with Crippen LogP contribution in [0.15, 0.2) is 0 Å². The fourth-order valence-corrected chi connectivity index (χ4v) is 2.59. The Morgan fingerprint density at radius 2 is 2.00 bits per heavy atom. The van der Waals surface area contributed by atoms with Crippen LogP contribution in [0.25, 0.3) is 0 Å². The summed E-state index contributed by atoms with van der Waals surface area (Å²) in [5.41, 5.74) is 5.21. The zero-order valence-electron chi connectivity index (χ0n) is 9.59.